The number of carbonyl (C=O) groups excluding carboxylic acids is 1. The average molecular weight is 343 g/mol. The van der Waals surface area contributed by atoms with Crippen molar-refractivity contribution < 1.29 is 18.9 Å². The molecule has 6 heteroatoms. The van der Waals surface area contributed by atoms with Crippen LogP contribution in [0.25, 0.3) is 0 Å². The van der Waals surface area contributed by atoms with Crippen molar-refractivity contribution in [3.05, 3.63) is 60.7 Å². The van der Waals surface area contributed by atoms with Gasteiger partial charge in [0.25, 0.3) is 6.29 Å². The van der Waals surface area contributed by atoms with E-state index in [1.165, 1.54) is 6.92 Å². The average Bonchev–Trinajstić information content (AvgIpc) is 3.02. The Morgan fingerprint density at radius 2 is 1.58 bits per heavy atom. The Labute approximate surface area is 140 Å². The van der Waals surface area contributed by atoms with E-state index in [1.54, 1.807) is 0 Å². The Hall–Kier alpha value is -2.39. The monoisotopic (exact) mass is 343 g/mol. The molecule has 3 rings (SSSR count). The number of ether oxygens (including phenoxy) is 1. The summed E-state index contributed by atoms with van der Waals surface area (Å²) in [4.78, 5) is 16.3. The maximum absolute atomic E-state index is 13.8. The Kier molecular flexibility index (Phi) is 4.81. The quantitative estimate of drug-likeness (QED) is 0.757. The molecule has 1 aliphatic rings. The summed E-state index contributed by atoms with van der Waals surface area (Å²) < 4.78 is 19.4. The zero-order valence-corrected chi connectivity index (χ0v) is 14.2. The minimum Gasteiger partial charge on any atom is -0.435 e. The zero-order valence-electron chi connectivity index (χ0n) is 13.3. The van der Waals surface area contributed by atoms with Gasteiger partial charge in [0.2, 0.25) is 5.90 Å². The molecule has 0 N–H and O–H groups in total. The third-order valence-electron chi connectivity index (χ3n) is 3.70. The van der Waals surface area contributed by atoms with Crippen LogP contribution in [-0.2, 0) is 18.9 Å². The molecule has 1 heterocycles. The topological polar surface area (TPSA) is 65.0 Å². The summed E-state index contributed by atoms with van der Waals surface area (Å²) in [5.41, 5.74) is 0. The van der Waals surface area contributed by atoms with Gasteiger partial charge in [-0.15, -0.1) is 0 Å². The number of hydrogen-bond acceptors (Lipinski definition) is 5. The van der Waals surface area contributed by atoms with E-state index < -0.39 is 13.4 Å². The maximum atomic E-state index is 13.8. The molecule has 0 saturated carbocycles. The van der Waals surface area contributed by atoms with Gasteiger partial charge in [0.05, 0.1) is 12.6 Å². The van der Waals surface area contributed by atoms with Gasteiger partial charge in [-0.05, 0) is 12.1 Å². The summed E-state index contributed by atoms with van der Waals surface area (Å²) in [7, 11) is -2.95. The fraction of sp³-hybridized carbons (Fsp3) is 0.222. The Balaban J connectivity index is 1.88. The van der Waals surface area contributed by atoms with E-state index in [9.17, 15) is 9.36 Å². The van der Waals surface area contributed by atoms with Gasteiger partial charge in [0.15, 0.2) is 7.14 Å². The van der Waals surface area contributed by atoms with Crippen molar-refractivity contribution in [3.8, 4) is 0 Å². The van der Waals surface area contributed by atoms with Crippen molar-refractivity contribution in [1.29, 1.82) is 0 Å². The fourth-order valence-electron chi connectivity index (χ4n) is 2.55. The summed E-state index contributed by atoms with van der Waals surface area (Å²) in [5.74, 6) is 0.211. The van der Waals surface area contributed by atoms with Crippen LogP contribution >= 0.6 is 7.14 Å². The molecular weight excluding hydrogens is 325 g/mol. The van der Waals surface area contributed by atoms with Crippen LogP contribution in [-0.4, -0.2) is 24.1 Å². The van der Waals surface area contributed by atoms with Gasteiger partial charge in [-0.3, -0.25) is 4.79 Å². The van der Waals surface area contributed by atoms with Crippen LogP contribution in [0.15, 0.2) is 65.8 Å². The normalized spacial score (nSPS) is 16.9. The van der Waals surface area contributed by atoms with Gasteiger partial charge in [0, 0.05) is 10.6 Å². The van der Waals surface area contributed by atoms with E-state index in [2.05, 4.69) is 5.16 Å². The second-order valence-electron chi connectivity index (χ2n) is 5.61. The van der Waals surface area contributed by atoms with Crippen LogP contribution in [0.2, 0.25) is 0 Å². The molecule has 2 aromatic carbocycles. The molecule has 0 fully saturated rings. The molecule has 0 spiro atoms. The number of hydrogen-bond donors (Lipinski definition) is 0. The van der Waals surface area contributed by atoms with E-state index in [-0.39, 0.29) is 24.3 Å². The van der Waals surface area contributed by atoms with Gasteiger partial charge >= 0.3 is 0 Å². The van der Waals surface area contributed by atoms with Crippen molar-refractivity contribution in [2.24, 2.45) is 5.16 Å². The van der Waals surface area contributed by atoms with Crippen LogP contribution < -0.4 is 10.6 Å². The zero-order chi connectivity index (χ0) is 17.0. The Morgan fingerprint density at radius 1 is 1.04 bits per heavy atom. The van der Waals surface area contributed by atoms with Crippen molar-refractivity contribution in [2.45, 2.75) is 19.6 Å². The fourth-order valence-corrected chi connectivity index (χ4v) is 5.04. The standard InChI is InChI=1S/C18H18NO4P/c1-14(20)12-18-22-17(19-23-18)13-24(21,15-8-4-2-5-9-15)16-10-6-3-7-11-16/h2-11,18H,12-13H2,1H3. The highest BCUT2D eigenvalue weighted by Gasteiger charge is 2.34. The minimum atomic E-state index is -2.95. The third kappa shape index (κ3) is 3.57. The van der Waals surface area contributed by atoms with Gasteiger partial charge in [-0.1, -0.05) is 60.7 Å². The predicted molar refractivity (Wildman–Crippen MR) is 93.3 cm³/mol. The SMILES string of the molecule is CC(=O)CC1ON=C(CP(=O)(c2ccccc2)c2ccccc2)O1. The first-order chi connectivity index (χ1) is 11.6. The first-order valence-corrected chi connectivity index (χ1v) is 9.56. The van der Waals surface area contributed by atoms with E-state index in [1.807, 2.05) is 60.7 Å². The molecule has 5 nitrogen and oxygen atoms in total. The summed E-state index contributed by atoms with van der Waals surface area (Å²) in [6, 6.07) is 18.6. The molecular formula is C18H18NO4P. The number of oxime groups is 1. The largest absolute Gasteiger partial charge is 0.435 e. The first kappa shape index (κ1) is 16.5. The summed E-state index contributed by atoms with van der Waals surface area (Å²) in [5, 5.41) is 5.34. The van der Waals surface area contributed by atoms with Crippen molar-refractivity contribution >= 4 is 29.4 Å². The second-order valence-corrected chi connectivity index (χ2v) is 8.44. The summed E-state index contributed by atoms with van der Waals surface area (Å²) >= 11 is 0. The molecule has 1 aliphatic heterocycles. The molecule has 0 saturated heterocycles. The van der Waals surface area contributed by atoms with Crippen LogP contribution in [0.3, 0.4) is 0 Å². The number of carbonyl (C=O) groups is 1. The van der Waals surface area contributed by atoms with Gasteiger partial charge in [-0.2, -0.15) is 0 Å². The van der Waals surface area contributed by atoms with Crippen molar-refractivity contribution in [3.63, 3.8) is 0 Å². The Bertz CT molecular complexity index is 746. The number of Topliss-reactive ketones (excluding diaryl/α,β-unsaturated/α-hetero) is 1. The van der Waals surface area contributed by atoms with Crippen LogP contribution in [0.1, 0.15) is 13.3 Å². The lowest BCUT2D eigenvalue weighted by atomic mass is 10.3. The highest BCUT2D eigenvalue weighted by molar-refractivity contribution is 7.79. The molecule has 1 unspecified atom stereocenters. The van der Waals surface area contributed by atoms with Crippen molar-refractivity contribution in [2.75, 3.05) is 6.16 Å². The van der Waals surface area contributed by atoms with Gasteiger partial charge in [-0.25, -0.2) is 0 Å². The van der Waals surface area contributed by atoms with Crippen LogP contribution in [0, 0.1) is 0 Å². The molecule has 0 aromatic heterocycles. The van der Waals surface area contributed by atoms with Crippen molar-refractivity contribution in [1.82, 2.24) is 0 Å². The molecule has 0 bridgehead atoms. The third-order valence-corrected chi connectivity index (χ3v) is 6.68. The number of rotatable bonds is 6. The summed E-state index contributed by atoms with van der Waals surface area (Å²) in [6.07, 6.45) is -0.485. The second kappa shape index (κ2) is 7.02. The van der Waals surface area contributed by atoms with E-state index in [0.717, 1.165) is 10.6 Å². The van der Waals surface area contributed by atoms with E-state index in [0.29, 0.717) is 0 Å². The molecule has 0 radical (unpaired) electrons. The molecule has 0 aliphatic carbocycles. The first-order valence-electron chi connectivity index (χ1n) is 7.67. The predicted octanol–water partition coefficient (Wildman–Crippen LogP) is 2.67. The maximum Gasteiger partial charge on any atom is 0.274 e. The summed E-state index contributed by atoms with van der Waals surface area (Å²) in [6.45, 7) is 1.46. The lowest BCUT2D eigenvalue weighted by Gasteiger charge is -2.18. The van der Waals surface area contributed by atoms with E-state index >= 15 is 0 Å². The number of ketones is 1. The highest BCUT2D eigenvalue weighted by atomic mass is 31.2. The molecule has 0 amide bonds. The van der Waals surface area contributed by atoms with Gasteiger partial charge < -0.3 is 14.1 Å². The molecule has 124 valence electrons. The molecule has 2 aromatic rings. The lowest BCUT2D eigenvalue weighted by molar-refractivity contribution is -0.125. The van der Waals surface area contributed by atoms with Crippen LogP contribution in [0.5, 0.6) is 0 Å². The number of benzene rings is 2. The molecule has 24 heavy (non-hydrogen) atoms. The number of nitrogens with zero attached hydrogens (tertiary/aromatic N) is 1. The molecule has 1 atom stereocenters. The van der Waals surface area contributed by atoms with Crippen LogP contribution in [0.4, 0.5) is 0 Å². The smallest absolute Gasteiger partial charge is 0.274 e. The van der Waals surface area contributed by atoms with E-state index in [4.69, 9.17) is 9.57 Å². The lowest BCUT2D eigenvalue weighted by Crippen LogP contribution is -2.24. The van der Waals surface area contributed by atoms with Gasteiger partial charge in [0.1, 0.15) is 5.78 Å². The highest BCUT2D eigenvalue weighted by Crippen LogP contribution is 2.44. The Morgan fingerprint density at radius 3 is 2.08 bits per heavy atom. The minimum absolute atomic E-state index is 0.0502.